The summed E-state index contributed by atoms with van der Waals surface area (Å²) in [6.07, 6.45) is 1.25. The van der Waals surface area contributed by atoms with E-state index in [4.69, 9.17) is 0 Å². The Balaban J connectivity index is -0.0000000200. The predicted molar refractivity (Wildman–Crippen MR) is 34.0 cm³/mol. The van der Waals surface area contributed by atoms with Gasteiger partial charge in [-0.3, -0.25) is 0 Å². The van der Waals surface area contributed by atoms with E-state index in [2.05, 4.69) is 13.8 Å². The molecule has 0 rings (SSSR count). The van der Waals surface area contributed by atoms with E-state index in [1.54, 1.807) is 0 Å². The van der Waals surface area contributed by atoms with Crippen molar-refractivity contribution in [3.05, 3.63) is 0 Å². The van der Waals surface area contributed by atoms with Gasteiger partial charge in [-0.25, -0.2) is 0 Å². The van der Waals surface area contributed by atoms with Gasteiger partial charge in [-0.05, 0) is 11.0 Å². The van der Waals surface area contributed by atoms with Crippen molar-refractivity contribution in [2.45, 2.75) is 27.7 Å². The molecule has 36 valence electrons. The van der Waals surface area contributed by atoms with E-state index in [0.29, 0.717) is 0 Å². The van der Waals surface area contributed by atoms with Crippen molar-refractivity contribution in [3.8, 4) is 0 Å². The minimum Gasteiger partial charge on any atom is -0.0776 e. The number of hydrogen-bond donors (Lipinski definition) is 0. The highest BCUT2D eigenvalue weighted by molar-refractivity contribution is 5.75. The van der Waals surface area contributed by atoms with E-state index in [1.165, 1.54) is 6.42 Å². The molecule has 0 aliphatic heterocycles. The number of rotatable bonds is 0. The molecular weight excluding hydrogens is 76.1 g/mol. The van der Waals surface area contributed by atoms with E-state index < -0.39 is 0 Å². The minimum atomic E-state index is 0. The second kappa shape index (κ2) is 29.5. The van der Waals surface area contributed by atoms with E-state index in [1.807, 2.05) is 0 Å². The lowest BCUT2D eigenvalue weighted by Crippen LogP contribution is -1.27. The van der Waals surface area contributed by atoms with Gasteiger partial charge in [0, 0.05) is 0 Å². The smallest absolute Gasteiger partial charge is 0.0149 e. The molecular formula is C4H16Si. The lowest BCUT2D eigenvalue weighted by molar-refractivity contribution is 1.09. The molecule has 0 N–H and O–H groups in total. The molecule has 0 saturated carbocycles. The van der Waals surface area contributed by atoms with Crippen LogP contribution in [0.4, 0.5) is 0 Å². The van der Waals surface area contributed by atoms with Crippen LogP contribution in [0.2, 0.25) is 0 Å². The van der Waals surface area contributed by atoms with Crippen LogP contribution in [0.5, 0.6) is 0 Å². The molecule has 0 unspecified atom stereocenters. The van der Waals surface area contributed by atoms with Crippen molar-refractivity contribution < 1.29 is 0 Å². The molecule has 1 heteroatoms. The average Bonchev–Trinajstić information content (AvgIpc) is 0.918. The third-order valence-corrected chi connectivity index (χ3v) is 0. The van der Waals surface area contributed by atoms with Crippen molar-refractivity contribution in [1.82, 2.24) is 0 Å². The summed E-state index contributed by atoms with van der Waals surface area (Å²) in [6, 6.07) is 0. The van der Waals surface area contributed by atoms with E-state index in [-0.39, 0.29) is 18.4 Å². The molecule has 0 heterocycles. The van der Waals surface area contributed by atoms with E-state index >= 15 is 0 Å². The first-order valence-electron chi connectivity index (χ1n) is 1.41. The molecule has 0 aromatic rings. The molecule has 0 fully saturated rings. The van der Waals surface area contributed by atoms with Crippen LogP contribution in [0.15, 0.2) is 0 Å². The Bertz CT molecular complexity index is 3.61. The van der Waals surface area contributed by atoms with Crippen LogP contribution >= 0.6 is 0 Å². The molecule has 0 saturated heterocycles. The monoisotopic (exact) mass is 92.1 g/mol. The summed E-state index contributed by atoms with van der Waals surface area (Å²) in [7, 11) is 0. The van der Waals surface area contributed by atoms with Crippen LogP contribution in [0.1, 0.15) is 27.7 Å². The van der Waals surface area contributed by atoms with Gasteiger partial charge in [0.1, 0.15) is 0 Å². The zero-order chi connectivity index (χ0) is 2.71. The van der Waals surface area contributed by atoms with Crippen molar-refractivity contribution in [2.24, 2.45) is 0 Å². The number of hydrogen-bond acceptors (Lipinski definition) is 0. The molecule has 0 amide bonds. The first-order valence-corrected chi connectivity index (χ1v) is 1.41. The fourth-order valence-corrected chi connectivity index (χ4v) is 0. The minimum absolute atomic E-state index is 0. The molecule has 0 aliphatic carbocycles. The van der Waals surface area contributed by atoms with Gasteiger partial charge in [0.25, 0.3) is 0 Å². The molecule has 0 nitrogen and oxygen atoms in total. The van der Waals surface area contributed by atoms with Gasteiger partial charge in [-0.15, -0.1) is 0 Å². The summed E-state index contributed by atoms with van der Waals surface area (Å²) in [5, 5.41) is 0. The van der Waals surface area contributed by atoms with Crippen LogP contribution in [-0.2, 0) is 0 Å². The third kappa shape index (κ3) is 441. The van der Waals surface area contributed by atoms with Crippen molar-refractivity contribution >= 4 is 11.0 Å². The second-order valence-corrected chi connectivity index (χ2v) is 0.707. The molecule has 0 spiro atoms. The average molecular weight is 92.3 g/mol. The Kier molecular flexibility index (Phi) is 111. The Labute approximate surface area is 39.6 Å². The van der Waals surface area contributed by atoms with Crippen LogP contribution < -0.4 is 0 Å². The quantitative estimate of drug-likeness (QED) is 0.384. The normalized spacial score (nSPS) is 3.60. The first-order chi connectivity index (χ1) is 1.41. The summed E-state index contributed by atoms with van der Waals surface area (Å²) < 4.78 is 0. The standard InChI is InChI=1S/C3H8.CH4.H4Si/c1-3-2;;/h3H2,1-2H3;2*1H4. The predicted octanol–water partition coefficient (Wildman–Crippen LogP) is 0.601. The van der Waals surface area contributed by atoms with Crippen LogP contribution in [-0.4, -0.2) is 11.0 Å². The maximum Gasteiger partial charge on any atom is -0.0149 e. The SMILES string of the molecule is C.CCC.[SiH4]. The molecule has 0 atom stereocenters. The van der Waals surface area contributed by atoms with Crippen molar-refractivity contribution in [3.63, 3.8) is 0 Å². The lowest BCUT2D eigenvalue weighted by atomic mass is 10.6. The maximum atomic E-state index is 2.12. The van der Waals surface area contributed by atoms with Crippen molar-refractivity contribution in [1.29, 1.82) is 0 Å². The van der Waals surface area contributed by atoms with Gasteiger partial charge in [-0.1, -0.05) is 27.7 Å². The Morgan fingerprint density at radius 2 is 1.20 bits per heavy atom. The summed E-state index contributed by atoms with van der Waals surface area (Å²) >= 11 is 0. The summed E-state index contributed by atoms with van der Waals surface area (Å²) in [5.74, 6) is 0. The molecule has 0 radical (unpaired) electrons. The van der Waals surface area contributed by atoms with Gasteiger partial charge in [0.2, 0.25) is 0 Å². The molecule has 0 aromatic carbocycles. The largest absolute Gasteiger partial charge is 0.0776 e. The topological polar surface area (TPSA) is 0 Å². The fourth-order valence-electron chi connectivity index (χ4n) is 0. The Morgan fingerprint density at radius 1 is 1.20 bits per heavy atom. The first kappa shape index (κ1) is 18.9. The molecule has 5 heavy (non-hydrogen) atoms. The zero-order valence-corrected chi connectivity index (χ0v) is 2.71. The highest BCUT2D eigenvalue weighted by Crippen LogP contribution is 1.56. The molecule has 0 aromatic heterocycles. The highest BCUT2D eigenvalue weighted by Gasteiger charge is 1.35. The third-order valence-electron chi connectivity index (χ3n) is 0. The van der Waals surface area contributed by atoms with Gasteiger partial charge in [0.05, 0.1) is 0 Å². The lowest BCUT2D eigenvalue weighted by Gasteiger charge is -1.48. The summed E-state index contributed by atoms with van der Waals surface area (Å²) in [5.41, 5.74) is 0. The molecule has 0 bridgehead atoms. The fraction of sp³-hybridized carbons (Fsp3) is 1.00. The van der Waals surface area contributed by atoms with E-state index in [9.17, 15) is 0 Å². The summed E-state index contributed by atoms with van der Waals surface area (Å²) in [6.45, 7) is 4.25. The second-order valence-electron chi connectivity index (χ2n) is 0.707. The highest BCUT2D eigenvalue weighted by atomic mass is 28.1. The van der Waals surface area contributed by atoms with Gasteiger partial charge in [0.15, 0.2) is 0 Å². The Morgan fingerprint density at radius 3 is 1.20 bits per heavy atom. The van der Waals surface area contributed by atoms with Gasteiger partial charge >= 0.3 is 0 Å². The molecule has 0 aliphatic rings. The maximum absolute atomic E-state index is 2.12. The van der Waals surface area contributed by atoms with E-state index in [0.717, 1.165) is 0 Å². The van der Waals surface area contributed by atoms with Crippen molar-refractivity contribution in [2.75, 3.05) is 0 Å². The zero-order valence-electron chi connectivity index (χ0n) is 2.71. The van der Waals surface area contributed by atoms with Gasteiger partial charge < -0.3 is 0 Å². The Hall–Kier alpha value is 0.217. The van der Waals surface area contributed by atoms with Crippen LogP contribution in [0.3, 0.4) is 0 Å². The summed E-state index contributed by atoms with van der Waals surface area (Å²) in [4.78, 5) is 0. The van der Waals surface area contributed by atoms with Crippen LogP contribution in [0.25, 0.3) is 0 Å². The van der Waals surface area contributed by atoms with Gasteiger partial charge in [-0.2, -0.15) is 0 Å². The van der Waals surface area contributed by atoms with Crippen LogP contribution in [0, 0.1) is 0 Å².